The molecule has 0 saturated carbocycles. The Morgan fingerprint density at radius 1 is 1.33 bits per heavy atom. The van der Waals surface area contributed by atoms with Crippen molar-refractivity contribution in [3.8, 4) is 11.8 Å². The van der Waals surface area contributed by atoms with E-state index in [2.05, 4.69) is 0 Å². The molecule has 0 heterocycles. The lowest BCUT2D eigenvalue weighted by Gasteiger charge is -2.09. The SMILES string of the molecule is N#CC=Cc1ccc(O)c(C(F)(F)F)c1. The van der Waals surface area contributed by atoms with E-state index in [-0.39, 0.29) is 5.56 Å². The molecule has 0 aromatic heterocycles. The third-order valence-corrected chi connectivity index (χ3v) is 1.68. The molecule has 0 aliphatic heterocycles. The van der Waals surface area contributed by atoms with Gasteiger partial charge in [-0.1, -0.05) is 6.07 Å². The molecule has 5 heteroatoms. The van der Waals surface area contributed by atoms with Crippen molar-refractivity contribution < 1.29 is 18.3 Å². The normalized spacial score (nSPS) is 11.6. The molecule has 0 radical (unpaired) electrons. The topological polar surface area (TPSA) is 44.0 Å². The van der Waals surface area contributed by atoms with Crippen molar-refractivity contribution in [2.45, 2.75) is 6.18 Å². The molecule has 2 nitrogen and oxygen atoms in total. The first kappa shape index (κ1) is 11.1. The monoisotopic (exact) mass is 213 g/mol. The number of halogens is 3. The number of benzene rings is 1. The van der Waals surface area contributed by atoms with Gasteiger partial charge in [0.25, 0.3) is 0 Å². The molecule has 0 unspecified atom stereocenters. The fourth-order valence-corrected chi connectivity index (χ4v) is 1.02. The van der Waals surface area contributed by atoms with Crippen molar-refractivity contribution >= 4 is 6.08 Å². The van der Waals surface area contributed by atoms with Crippen LogP contribution in [0.15, 0.2) is 24.3 Å². The zero-order valence-electron chi connectivity index (χ0n) is 7.42. The summed E-state index contributed by atoms with van der Waals surface area (Å²) < 4.78 is 36.9. The maximum atomic E-state index is 12.3. The molecule has 1 rings (SSSR count). The second kappa shape index (κ2) is 4.05. The van der Waals surface area contributed by atoms with E-state index >= 15 is 0 Å². The predicted octanol–water partition coefficient (Wildman–Crippen LogP) is 2.95. The summed E-state index contributed by atoms with van der Waals surface area (Å²) >= 11 is 0. The molecule has 0 amide bonds. The standard InChI is InChI=1S/C10H6F3NO/c11-10(12,13)8-6-7(2-1-5-14)3-4-9(8)15/h1-4,6,15H. The quantitative estimate of drug-likeness (QED) is 0.729. The first-order valence-electron chi connectivity index (χ1n) is 3.91. The van der Waals surface area contributed by atoms with Gasteiger partial charge in [0.1, 0.15) is 5.75 Å². The largest absolute Gasteiger partial charge is 0.507 e. The van der Waals surface area contributed by atoms with Crippen LogP contribution in [0.3, 0.4) is 0 Å². The molecule has 0 spiro atoms. The minimum atomic E-state index is -4.60. The Labute approximate surface area is 83.9 Å². The maximum Gasteiger partial charge on any atom is 0.419 e. The summed E-state index contributed by atoms with van der Waals surface area (Å²) in [6.07, 6.45) is -2.30. The highest BCUT2D eigenvalue weighted by molar-refractivity contribution is 5.55. The Morgan fingerprint density at radius 3 is 2.53 bits per heavy atom. The molecule has 1 aromatic rings. The Bertz CT molecular complexity index is 429. The summed E-state index contributed by atoms with van der Waals surface area (Å²) in [6, 6.07) is 4.68. The van der Waals surface area contributed by atoms with Gasteiger partial charge in [0.05, 0.1) is 11.6 Å². The van der Waals surface area contributed by atoms with Gasteiger partial charge in [-0.3, -0.25) is 0 Å². The number of allylic oxidation sites excluding steroid dienone is 1. The Morgan fingerprint density at radius 2 is 2.00 bits per heavy atom. The van der Waals surface area contributed by atoms with Gasteiger partial charge in [0.15, 0.2) is 0 Å². The van der Waals surface area contributed by atoms with Crippen molar-refractivity contribution in [1.82, 2.24) is 0 Å². The lowest BCUT2D eigenvalue weighted by molar-refractivity contribution is -0.138. The average molecular weight is 213 g/mol. The molecule has 78 valence electrons. The third kappa shape index (κ3) is 2.74. The maximum absolute atomic E-state index is 12.3. The van der Waals surface area contributed by atoms with Crippen LogP contribution < -0.4 is 0 Å². The second-order valence-electron chi connectivity index (χ2n) is 2.74. The molecule has 0 aliphatic rings. The highest BCUT2D eigenvalue weighted by Gasteiger charge is 2.33. The van der Waals surface area contributed by atoms with Crippen LogP contribution in [0.5, 0.6) is 5.75 Å². The van der Waals surface area contributed by atoms with Crippen LogP contribution in [0.4, 0.5) is 13.2 Å². The molecule has 15 heavy (non-hydrogen) atoms. The number of rotatable bonds is 1. The summed E-state index contributed by atoms with van der Waals surface area (Å²) in [5.41, 5.74) is -0.899. The number of nitrogens with zero attached hydrogens (tertiary/aromatic N) is 1. The van der Waals surface area contributed by atoms with Crippen LogP contribution in [0.2, 0.25) is 0 Å². The first-order chi connectivity index (χ1) is 6.95. The average Bonchev–Trinajstić information content (AvgIpc) is 2.15. The Balaban J connectivity index is 3.18. The lowest BCUT2D eigenvalue weighted by atomic mass is 10.1. The summed E-state index contributed by atoms with van der Waals surface area (Å²) in [5, 5.41) is 17.2. The van der Waals surface area contributed by atoms with E-state index in [1.165, 1.54) is 12.1 Å². The molecule has 0 aliphatic carbocycles. The minimum Gasteiger partial charge on any atom is -0.507 e. The number of phenolic OH excluding ortho intramolecular Hbond substituents is 1. The summed E-state index contributed by atoms with van der Waals surface area (Å²) in [5.74, 6) is -0.823. The third-order valence-electron chi connectivity index (χ3n) is 1.68. The van der Waals surface area contributed by atoms with E-state index in [4.69, 9.17) is 10.4 Å². The number of aromatic hydroxyl groups is 1. The van der Waals surface area contributed by atoms with E-state index < -0.39 is 17.5 Å². The summed E-state index contributed by atoms with van der Waals surface area (Å²) in [7, 11) is 0. The number of alkyl halides is 3. The van der Waals surface area contributed by atoms with Crippen molar-refractivity contribution in [2.75, 3.05) is 0 Å². The molecule has 1 N–H and O–H groups in total. The van der Waals surface area contributed by atoms with Crippen LogP contribution in [-0.2, 0) is 6.18 Å². The van der Waals surface area contributed by atoms with Crippen molar-refractivity contribution in [2.24, 2.45) is 0 Å². The van der Waals surface area contributed by atoms with Gasteiger partial charge in [-0.05, 0) is 23.8 Å². The van der Waals surface area contributed by atoms with E-state index in [0.717, 1.165) is 18.2 Å². The van der Waals surface area contributed by atoms with E-state index in [1.54, 1.807) is 6.07 Å². The van der Waals surface area contributed by atoms with Gasteiger partial charge < -0.3 is 5.11 Å². The summed E-state index contributed by atoms with van der Waals surface area (Å²) in [4.78, 5) is 0. The first-order valence-corrected chi connectivity index (χ1v) is 3.91. The van der Waals surface area contributed by atoms with Gasteiger partial charge in [-0.25, -0.2) is 0 Å². The number of hydrogen-bond acceptors (Lipinski definition) is 2. The van der Waals surface area contributed by atoms with E-state index in [1.807, 2.05) is 0 Å². The molecule has 1 aromatic carbocycles. The fraction of sp³-hybridized carbons (Fsp3) is 0.100. The van der Waals surface area contributed by atoms with Gasteiger partial charge in [-0.15, -0.1) is 0 Å². The zero-order valence-corrected chi connectivity index (χ0v) is 7.42. The number of phenols is 1. The fourth-order valence-electron chi connectivity index (χ4n) is 1.02. The Hall–Kier alpha value is -1.96. The lowest BCUT2D eigenvalue weighted by Crippen LogP contribution is -2.05. The van der Waals surface area contributed by atoms with Crippen LogP contribution in [-0.4, -0.2) is 5.11 Å². The van der Waals surface area contributed by atoms with Crippen LogP contribution >= 0.6 is 0 Å². The van der Waals surface area contributed by atoms with Crippen LogP contribution in [0.1, 0.15) is 11.1 Å². The number of nitriles is 1. The highest BCUT2D eigenvalue weighted by atomic mass is 19.4. The van der Waals surface area contributed by atoms with Crippen LogP contribution in [0, 0.1) is 11.3 Å². The smallest absolute Gasteiger partial charge is 0.419 e. The second-order valence-corrected chi connectivity index (χ2v) is 2.74. The Kier molecular flexibility index (Phi) is 3.00. The molecule has 0 saturated heterocycles. The molecule has 0 atom stereocenters. The molecule has 0 bridgehead atoms. The molecular formula is C10H6F3NO. The van der Waals surface area contributed by atoms with Gasteiger partial charge in [0, 0.05) is 6.08 Å². The van der Waals surface area contributed by atoms with Crippen molar-refractivity contribution in [3.63, 3.8) is 0 Å². The zero-order chi connectivity index (χ0) is 11.5. The van der Waals surface area contributed by atoms with Crippen LogP contribution in [0.25, 0.3) is 6.08 Å². The molecular weight excluding hydrogens is 207 g/mol. The van der Waals surface area contributed by atoms with E-state index in [0.29, 0.717) is 0 Å². The minimum absolute atomic E-state index is 0.210. The van der Waals surface area contributed by atoms with E-state index in [9.17, 15) is 13.2 Å². The van der Waals surface area contributed by atoms with Gasteiger partial charge in [0.2, 0.25) is 0 Å². The van der Waals surface area contributed by atoms with Crippen molar-refractivity contribution in [1.29, 1.82) is 5.26 Å². The molecule has 0 fully saturated rings. The van der Waals surface area contributed by atoms with Crippen molar-refractivity contribution in [3.05, 3.63) is 35.4 Å². The van der Waals surface area contributed by atoms with Gasteiger partial charge in [-0.2, -0.15) is 18.4 Å². The van der Waals surface area contributed by atoms with Gasteiger partial charge >= 0.3 is 6.18 Å². The summed E-state index contributed by atoms with van der Waals surface area (Å²) in [6.45, 7) is 0. The number of hydrogen-bond donors (Lipinski definition) is 1. The predicted molar refractivity (Wildman–Crippen MR) is 47.8 cm³/mol. The highest BCUT2D eigenvalue weighted by Crippen LogP contribution is 2.36.